The van der Waals surface area contributed by atoms with Gasteiger partial charge < -0.3 is 10.1 Å². The second-order valence-electron chi connectivity index (χ2n) is 7.31. The Kier molecular flexibility index (Phi) is 7.78. The molecule has 0 aliphatic heterocycles. The number of carbonyl (C=O) groups is 1. The molecule has 27 heavy (non-hydrogen) atoms. The third kappa shape index (κ3) is 6.03. The highest BCUT2D eigenvalue weighted by Crippen LogP contribution is 2.32. The SMILES string of the molecule is COc1cc(C)c([C@@H](C)NC(=O)CCSc2ccc(C)cc2)cc1C(C)C. The van der Waals surface area contributed by atoms with E-state index in [4.69, 9.17) is 4.74 Å². The number of hydrogen-bond acceptors (Lipinski definition) is 3. The number of methoxy groups -OCH3 is 1. The Morgan fingerprint density at radius 3 is 2.33 bits per heavy atom. The van der Waals surface area contributed by atoms with E-state index in [1.54, 1.807) is 18.9 Å². The van der Waals surface area contributed by atoms with Crippen molar-refractivity contribution in [3.8, 4) is 5.75 Å². The molecule has 0 saturated heterocycles. The molecule has 0 aromatic heterocycles. The molecule has 0 unspecified atom stereocenters. The number of amides is 1. The minimum absolute atomic E-state index is 0.0229. The average molecular weight is 386 g/mol. The maximum atomic E-state index is 12.4. The van der Waals surface area contributed by atoms with E-state index in [0.717, 1.165) is 22.6 Å². The molecule has 0 saturated carbocycles. The molecule has 2 aromatic rings. The van der Waals surface area contributed by atoms with E-state index in [2.05, 4.69) is 69.4 Å². The van der Waals surface area contributed by atoms with Crippen molar-refractivity contribution in [2.24, 2.45) is 0 Å². The van der Waals surface area contributed by atoms with Gasteiger partial charge in [-0.3, -0.25) is 4.79 Å². The summed E-state index contributed by atoms with van der Waals surface area (Å²) < 4.78 is 5.52. The zero-order valence-corrected chi connectivity index (χ0v) is 18.1. The monoisotopic (exact) mass is 385 g/mol. The Bertz CT molecular complexity index is 769. The summed E-state index contributed by atoms with van der Waals surface area (Å²) in [5.41, 5.74) is 4.72. The lowest BCUT2D eigenvalue weighted by Crippen LogP contribution is -2.27. The van der Waals surface area contributed by atoms with Gasteiger partial charge in [0.15, 0.2) is 0 Å². The van der Waals surface area contributed by atoms with Gasteiger partial charge in [-0.25, -0.2) is 0 Å². The molecule has 0 bridgehead atoms. The van der Waals surface area contributed by atoms with E-state index in [1.807, 2.05) is 6.92 Å². The fourth-order valence-corrected chi connectivity index (χ4v) is 3.95. The van der Waals surface area contributed by atoms with Crippen molar-refractivity contribution >= 4 is 17.7 Å². The van der Waals surface area contributed by atoms with E-state index in [9.17, 15) is 4.79 Å². The van der Waals surface area contributed by atoms with Crippen LogP contribution in [0, 0.1) is 13.8 Å². The molecule has 3 nitrogen and oxygen atoms in total. The van der Waals surface area contributed by atoms with E-state index < -0.39 is 0 Å². The first-order valence-corrected chi connectivity index (χ1v) is 10.5. The molecule has 0 aliphatic carbocycles. The van der Waals surface area contributed by atoms with Crippen LogP contribution in [-0.2, 0) is 4.79 Å². The van der Waals surface area contributed by atoms with Gasteiger partial charge in [0.1, 0.15) is 5.75 Å². The Morgan fingerprint density at radius 2 is 1.74 bits per heavy atom. The van der Waals surface area contributed by atoms with Crippen LogP contribution in [0.5, 0.6) is 5.75 Å². The predicted octanol–water partition coefficient (Wildman–Crippen LogP) is 5.80. The number of ether oxygens (including phenoxy) is 1. The zero-order valence-electron chi connectivity index (χ0n) is 17.3. The van der Waals surface area contributed by atoms with Crippen LogP contribution in [0.3, 0.4) is 0 Å². The first kappa shape index (κ1) is 21.4. The van der Waals surface area contributed by atoms with E-state index in [1.165, 1.54) is 16.0 Å². The van der Waals surface area contributed by atoms with E-state index >= 15 is 0 Å². The maximum Gasteiger partial charge on any atom is 0.221 e. The molecule has 4 heteroatoms. The Balaban J connectivity index is 1.95. The molecular weight excluding hydrogens is 354 g/mol. The summed E-state index contributed by atoms with van der Waals surface area (Å²) in [7, 11) is 1.71. The first-order chi connectivity index (χ1) is 12.8. The molecule has 0 spiro atoms. The standard InChI is InChI=1S/C23H31NO2S/c1-15(2)20-14-21(17(4)13-22(20)26-6)18(5)24-23(25)11-12-27-19-9-7-16(3)8-10-19/h7-10,13-15,18H,11-12H2,1-6H3,(H,24,25)/t18-/m1/s1. The number of aryl methyl sites for hydroxylation is 2. The van der Waals surface area contributed by atoms with Crippen LogP contribution in [0.4, 0.5) is 0 Å². The minimum atomic E-state index is -0.0229. The van der Waals surface area contributed by atoms with Gasteiger partial charge in [0.25, 0.3) is 0 Å². The normalized spacial score (nSPS) is 12.1. The van der Waals surface area contributed by atoms with Crippen molar-refractivity contribution in [3.63, 3.8) is 0 Å². The molecule has 146 valence electrons. The number of hydrogen-bond donors (Lipinski definition) is 1. The molecule has 0 aliphatic rings. The summed E-state index contributed by atoms with van der Waals surface area (Å²) in [5.74, 6) is 2.15. The smallest absolute Gasteiger partial charge is 0.221 e. The van der Waals surface area contributed by atoms with Gasteiger partial charge in [0, 0.05) is 17.1 Å². The molecule has 1 N–H and O–H groups in total. The fraction of sp³-hybridized carbons (Fsp3) is 0.435. The molecule has 1 amide bonds. The van der Waals surface area contributed by atoms with Crippen LogP contribution in [-0.4, -0.2) is 18.8 Å². The summed E-state index contributed by atoms with van der Waals surface area (Å²) in [6.07, 6.45) is 0.509. The summed E-state index contributed by atoms with van der Waals surface area (Å²) in [6, 6.07) is 12.6. The van der Waals surface area contributed by atoms with Crippen LogP contribution < -0.4 is 10.1 Å². The van der Waals surface area contributed by atoms with Gasteiger partial charge in [0.05, 0.1) is 13.2 Å². The highest BCUT2D eigenvalue weighted by molar-refractivity contribution is 7.99. The van der Waals surface area contributed by atoms with Gasteiger partial charge in [0.2, 0.25) is 5.91 Å². The number of carbonyl (C=O) groups excluding carboxylic acids is 1. The van der Waals surface area contributed by atoms with Crippen molar-refractivity contribution in [2.75, 3.05) is 12.9 Å². The predicted molar refractivity (Wildman–Crippen MR) is 115 cm³/mol. The highest BCUT2D eigenvalue weighted by Gasteiger charge is 2.16. The average Bonchev–Trinajstić information content (AvgIpc) is 2.62. The van der Waals surface area contributed by atoms with Crippen molar-refractivity contribution in [2.45, 2.75) is 57.9 Å². The summed E-state index contributed by atoms with van der Waals surface area (Å²) in [5, 5.41) is 3.14. The van der Waals surface area contributed by atoms with Crippen molar-refractivity contribution in [1.29, 1.82) is 0 Å². The molecular formula is C23H31NO2S. The van der Waals surface area contributed by atoms with Crippen LogP contribution >= 0.6 is 11.8 Å². The van der Waals surface area contributed by atoms with Gasteiger partial charge in [-0.15, -0.1) is 11.8 Å². The van der Waals surface area contributed by atoms with E-state index in [0.29, 0.717) is 12.3 Å². The van der Waals surface area contributed by atoms with Crippen LogP contribution in [0.25, 0.3) is 0 Å². The van der Waals surface area contributed by atoms with Crippen molar-refractivity contribution < 1.29 is 9.53 Å². The Morgan fingerprint density at radius 1 is 1.07 bits per heavy atom. The lowest BCUT2D eigenvalue weighted by atomic mass is 9.93. The second-order valence-corrected chi connectivity index (χ2v) is 8.47. The highest BCUT2D eigenvalue weighted by atomic mass is 32.2. The molecule has 0 fully saturated rings. The molecule has 0 heterocycles. The third-order valence-electron chi connectivity index (χ3n) is 4.70. The number of thioether (sulfide) groups is 1. The van der Waals surface area contributed by atoms with Gasteiger partial charge >= 0.3 is 0 Å². The minimum Gasteiger partial charge on any atom is -0.496 e. The molecule has 1 atom stereocenters. The summed E-state index contributed by atoms with van der Waals surface area (Å²) in [4.78, 5) is 13.6. The number of nitrogens with one attached hydrogen (secondary N) is 1. The quantitative estimate of drug-likeness (QED) is 0.584. The lowest BCUT2D eigenvalue weighted by Gasteiger charge is -2.21. The van der Waals surface area contributed by atoms with Crippen LogP contribution in [0.15, 0.2) is 41.3 Å². The number of benzene rings is 2. The molecule has 2 aromatic carbocycles. The lowest BCUT2D eigenvalue weighted by molar-refractivity contribution is -0.121. The number of rotatable bonds is 8. The van der Waals surface area contributed by atoms with E-state index in [-0.39, 0.29) is 11.9 Å². The van der Waals surface area contributed by atoms with Crippen LogP contribution in [0.2, 0.25) is 0 Å². The van der Waals surface area contributed by atoms with Gasteiger partial charge in [-0.1, -0.05) is 31.5 Å². The molecule has 0 radical (unpaired) electrons. The largest absolute Gasteiger partial charge is 0.496 e. The van der Waals surface area contributed by atoms with Crippen LogP contribution in [0.1, 0.15) is 61.4 Å². The first-order valence-electron chi connectivity index (χ1n) is 9.49. The Hall–Kier alpha value is -1.94. The maximum absolute atomic E-state index is 12.4. The second kappa shape index (κ2) is 9.84. The Labute approximate surface area is 167 Å². The van der Waals surface area contributed by atoms with Crippen molar-refractivity contribution in [1.82, 2.24) is 5.32 Å². The fourth-order valence-electron chi connectivity index (χ4n) is 3.10. The summed E-state index contributed by atoms with van der Waals surface area (Å²) >= 11 is 1.72. The summed E-state index contributed by atoms with van der Waals surface area (Å²) in [6.45, 7) is 10.5. The topological polar surface area (TPSA) is 38.3 Å². The third-order valence-corrected chi connectivity index (χ3v) is 5.72. The van der Waals surface area contributed by atoms with Gasteiger partial charge in [-0.05, 0) is 67.6 Å². The molecule has 2 rings (SSSR count). The zero-order chi connectivity index (χ0) is 20.0. The van der Waals surface area contributed by atoms with Crippen molar-refractivity contribution in [3.05, 3.63) is 58.7 Å². The van der Waals surface area contributed by atoms with Gasteiger partial charge in [-0.2, -0.15) is 0 Å².